The van der Waals surface area contributed by atoms with Crippen LogP contribution in [0.3, 0.4) is 0 Å². The third kappa shape index (κ3) is 3.86. The second-order valence-corrected chi connectivity index (χ2v) is 6.66. The molecule has 1 aromatic carbocycles. The van der Waals surface area contributed by atoms with E-state index in [0.29, 0.717) is 15.4 Å². The number of aromatic nitrogens is 1. The molecule has 7 heteroatoms. The number of likely N-dealkylation sites (N-methyl/N-ethyl adjacent to an activating group) is 1. The van der Waals surface area contributed by atoms with Crippen molar-refractivity contribution in [2.45, 2.75) is 19.4 Å². The Bertz CT molecular complexity index is 695. The highest BCUT2D eigenvalue weighted by Crippen LogP contribution is 2.27. The van der Waals surface area contributed by atoms with Crippen molar-refractivity contribution in [3.05, 3.63) is 40.9 Å². The standard InChI is InChI=1S/C15H16F2N2O2S/c1-15(2,21)8-19(3)14(20)12-7-18-13(22-12)9-4-5-10(16)11(17)6-9/h4-7,21H,8H2,1-3H3. The van der Waals surface area contributed by atoms with Crippen LogP contribution in [0.4, 0.5) is 8.78 Å². The van der Waals surface area contributed by atoms with Crippen LogP contribution in [0.5, 0.6) is 0 Å². The highest BCUT2D eigenvalue weighted by Gasteiger charge is 2.22. The minimum atomic E-state index is -1.00. The predicted octanol–water partition coefficient (Wildman–Crippen LogP) is 2.93. The number of aliphatic hydroxyl groups is 1. The Balaban J connectivity index is 2.20. The lowest BCUT2D eigenvalue weighted by Gasteiger charge is -2.24. The Labute approximate surface area is 131 Å². The quantitative estimate of drug-likeness (QED) is 0.940. The lowest BCUT2D eigenvalue weighted by Crippen LogP contribution is -2.39. The molecule has 22 heavy (non-hydrogen) atoms. The maximum Gasteiger partial charge on any atom is 0.265 e. The van der Waals surface area contributed by atoms with Crippen LogP contribution in [-0.4, -0.2) is 40.1 Å². The number of rotatable bonds is 4. The number of benzene rings is 1. The van der Waals surface area contributed by atoms with Crippen LogP contribution in [0.25, 0.3) is 10.6 Å². The molecule has 0 aliphatic heterocycles. The van der Waals surface area contributed by atoms with E-state index in [2.05, 4.69) is 4.98 Å². The van der Waals surface area contributed by atoms with Crippen LogP contribution in [0, 0.1) is 11.6 Å². The van der Waals surface area contributed by atoms with Gasteiger partial charge < -0.3 is 10.0 Å². The van der Waals surface area contributed by atoms with Crippen molar-refractivity contribution in [1.82, 2.24) is 9.88 Å². The van der Waals surface area contributed by atoms with Gasteiger partial charge in [0.05, 0.1) is 11.8 Å². The fourth-order valence-corrected chi connectivity index (χ4v) is 2.88. The van der Waals surface area contributed by atoms with E-state index in [0.717, 1.165) is 23.5 Å². The molecule has 0 aliphatic rings. The zero-order valence-electron chi connectivity index (χ0n) is 12.4. The molecule has 2 rings (SSSR count). The second-order valence-electron chi connectivity index (χ2n) is 5.63. The summed E-state index contributed by atoms with van der Waals surface area (Å²) in [6, 6.07) is 3.48. The van der Waals surface area contributed by atoms with E-state index in [4.69, 9.17) is 0 Å². The third-order valence-electron chi connectivity index (χ3n) is 2.85. The molecular formula is C15H16F2N2O2S. The molecular weight excluding hydrogens is 310 g/mol. The molecule has 0 bridgehead atoms. The van der Waals surface area contributed by atoms with E-state index in [-0.39, 0.29) is 12.5 Å². The molecule has 0 atom stereocenters. The Kier molecular flexibility index (Phi) is 4.58. The molecule has 0 fully saturated rings. The number of amides is 1. The van der Waals surface area contributed by atoms with Gasteiger partial charge in [-0.05, 0) is 32.0 Å². The smallest absolute Gasteiger partial charge is 0.265 e. The Morgan fingerprint density at radius 2 is 2.05 bits per heavy atom. The van der Waals surface area contributed by atoms with Crippen LogP contribution in [0.1, 0.15) is 23.5 Å². The molecule has 0 radical (unpaired) electrons. The van der Waals surface area contributed by atoms with Gasteiger partial charge in [0.2, 0.25) is 0 Å². The van der Waals surface area contributed by atoms with E-state index in [1.807, 2.05) is 0 Å². The maximum absolute atomic E-state index is 13.2. The Hall–Kier alpha value is -1.86. The summed E-state index contributed by atoms with van der Waals surface area (Å²) in [7, 11) is 1.58. The summed E-state index contributed by atoms with van der Waals surface area (Å²) in [4.78, 5) is 18.1. The summed E-state index contributed by atoms with van der Waals surface area (Å²) in [6.45, 7) is 3.39. The number of nitrogens with zero attached hydrogens (tertiary/aromatic N) is 2. The van der Waals surface area contributed by atoms with E-state index in [1.165, 1.54) is 17.2 Å². The Morgan fingerprint density at radius 1 is 1.36 bits per heavy atom. The van der Waals surface area contributed by atoms with Gasteiger partial charge in [-0.1, -0.05) is 0 Å². The monoisotopic (exact) mass is 326 g/mol. The van der Waals surface area contributed by atoms with Crippen molar-refractivity contribution in [3.63, 3.8) is 0 Å². The van der Waals surface area contributed by atoms with Crippen LogP contribution in [0.2, 0.25) is 0 Å². The first-order valence-corrected chi connectivity index (χ1v) is 7.38. The molecule has 0 aliphatic carbocycles. The minimum absolute atomic E-state index is 0.171. The molecule has 1 amide bonds. The second kappa shape index (κ2) is 6.10. The number of carbonyl (C=O) groups excluding carboxylic acids is 1. The van der Waals surface area contributed by atoms with Gasteiger partial charge in [0.25, 0.3) is 5.91 Å². The van der Waals surface area contributed by atoms with E-state index in [1.54, 1.807) is 20.9 Å². The number of halogens is 2. The van der Waals surface area contributed by atoms with Gasteiger partial charge in [-0.3, -0.25) is 4.79 Å². The van der Waals surface area contributed by atoms with Gasteiger partial charge in [-0.25, -0.2) is 13.8 Å². The van der Waals surface area contributed by atoms with E-state index < -0.39 is 17.2 Å². The number of hydrogen-bond donors (Lipinski definition) is 1. The molecule has 1 aromatic heterocycles. The van der Waals surface area contributed by atoms with Gasteiger partial charge in [0.1, 0.15) is 9.88 Å². The number of hydrogen-bond acceptors (Lipinski definition) is 4. The molecule has 0 spiro atoms. The lowest BCUT2D eigenvalue weighted by molar-refractivity contribution is 0.0370. The summed E-state index contributed by atoms with van der Waals surface area (Å²) in [5, 5.41) is 10.2. The molecule has 118 valence electrons. The maximum atomic E-state index is 13.2. The largest absolute Gasteiger partial charge is 0.389 e. The van der Waals surface area contributed by atoms with Gasteiger partial charge in [-0.2, -0.15) is 0 Å². The summed E-state index contributed by atoms with van der Waals surface area (Å²) in [5.74, 6) is -2.17. The highest BCUT2D eigenvalue weighted by atomic mass is 32.1. The normalized spacial score (nSPS) is 11.5. The third-order valence-corrected chi connectivity index (χ3v) is 3.89. The minimum Gasteiger partial charge on any atom is -0.389 e. The molecule has 4 nitrogen and oxygen atoms in total. The molecule has 0 unspecified atom stereocenters. The van der Waals surface area contributed by atoms with E-state index >= 15 is 0 Å². The van der Waals surface area contributed by atoms with Gasteiger partial charge in [-0.15, -0.1) is 11.3 Å². The summed E-state index contributed by atoms with van der Waals surface area (Å²) >= 11 is 1.09. The van der Waals surface area contributed by atoms with Crippen molar-refractivity contribution >= 4 is 17.2 Å². The van der Waals surface area contributed by atoms with Crippen LogP contribution < -0.4 is 0 Å². The first kappa shape index (κ1) is 16.5. The topological polar surface area (TPSA) is 53.4 Å². The predicted molar refractivity (Wildman–Crippen MR) is 80.7 cm³/mol. The van der Waals surface area contributed by atoms with Gasteiger partial charge >= 0.3 is 0 Å². The molecule has 0 saturated heterocycles. The Morgan fingerprint density at radius 3 is 2.64 bits per heavy atom. The van der Waals surface area contributed by atoms with Crippen molar-refractivity contribution in [3.8, 4) is 10.6 Å². The fraction of sp³-hybridized carbons (Fsp3) is 0.333. The summed E-state index contributed by atoms with van der Waals surface area (Å²) < 4.78 is 26.2. The highest BCUT2D eigenvalue weighted by molar-refractivity contribution is 7.16. The first-order valence-electron chi connectivity index (χ1n) is 6.56. The molecule has 1 heterocycles. The number of thiazole rings is 1. The lowest BCUT2D eigenvalue weighted by atomic mass is 10.1. The van der Waals surface area contributed by atoms with Crippen molar-refractivity contribution < 1.29 is 18.7 Å². The van der Waals surface area contributed by atoms with Crippen molar-refractivity contribution in [1.29, 1.82) is 0 Å². The average molecular weight is 326 g/mol. The van der Waals surface area contributed by atoms with Crippen LogP contribution in [-0.2, 0) is 0 Å². The summed E-state index contributed by atoms with van der Waals surface area (Å²) in [6.07, 6.45) is 1.39. The molecule has 0 saturated carbocycles. The van der Waals surface area contributed by atoms with Crippen molar-refractivity contribution in [2.24, 2.45) is 0 Å². The SMILES string of the molecule is CN(CC(C)(C)O)C(=O)c1cnc(-c2ccc(F)c(F)c2)s1. The molecule has 2 aromatic rings. The number of carbonyl (C=O) groups is 1. The van der Waals surface area contributed by atoms with Crippen LogP contribution >= 0.6 is 11.3 Å². The van der Waals surface area contributed by atoms with Crippen molar-refractivity contribution in [2.75, 3.05) is 13.6 Å². The zero-order valence-corrected chi connectivity index (χ0v) is 13.2. The van der Waals surface area contributed by atoms with Gasteiger partial charge in [0.15, 0.2) is 11.6 Å². The van der Waals surface area contributed by atoms with Crippen LogP contribution in [0.15, 0.2) is 24.4 Å². The van der Waals surface area contributed by atoms with E-state index in [9.17, 15) is 18.7 Å². The summed E-state index contributed by atoms with van der Waals surface area (Å²) in [5.41, 5.74) is -0.592. The van der Waals surface area contributed by atoms with Gasteiger partial charge in [0, 0.05) is 19.2 Å². The first-order chi connectivity index (χ1) is 10.2. The molecule has 1 N–H and O–H groups in total. The average Bonchev–Trinajstić information content (AvgIpc) is 2.88. The fourth-order valence-electron chi connectivity index (χ4n) is 1.98. The zero-order chi connectivity index (χ0) is 16.5.